The number of H-pyrrole nitrogens is 1. The second-order valence-corrected chi connectivity index (χ2v) is 11.0. The Morgan fingerprint density at radius 2 is 1.74 bits per heavy atom. The molecule has 1 saturated heterocycles. The van der Waals surface area contributed by atoms with Crippen molar-refractivity contribution < 1.29 is 29.3 Å². The molecule has 4 N–H and O–H groups in total. The minimum absolute atomic E-state index is 0.0148. The molecule has 1 amide bonds. The number of aliphatic hydroxyl groups is 1. The summed E-state index contributed by atoms with van der Waals surface area (Å²) in [5.74, 6) is -0.628. The molecule has 2 heterocycles. The molecule has 42 heavy (non-hydrogen) atoms. The van der Waals surface area contributed by atoms with Gasteiger partial charge in [-0.15, -0.1) is 0 Å². The molecule has 10 nitrogen and oxygen atoms in total. The molecule has 4 aromatic rings. The third kappa shape index (κ3) is 8.04. The molecule has 218 valence electrons. The van der Waals surface area contributed by atoms with Crippen molar-refractivity contribution in [3.05, 3.63) is 101 Å². The molecule has 0 bridgehead atoms. The zero-order chi connectivity index (χ0) is 29.3. The van der Waals surface area contributed by atoms with Crippen LogP contribution in [0.5, 0.6) is 0 Å². The molecule has 11 heteroatoms. The van der Waals surface area contributed by atoms with E-state index in [1.54, 1.807) is 11.8 Å². The number of hydrogen-bond acceptors (Lipinski definition) is 8. The third-order valence-electron chi connectivity index (χ3n) is 6.89. The number of aromatic amines is 1. The predicted octanol–water partition coefficient (Wildman–Crippen LogP) is 4.78. The standard InChI is InChI=1S/C31H32N4O6S/c36-17-20-7-9-22(10-8-20)27-15-26(18-42-31-33-19-34-35-31)40-30(41-27)25-6-2-5-24(14-25)23-4-1-3-21(13-23)16-32-28(37)11-12-29(38)39/h1-10,13-14,19,26-27,30,36H,11-12,15-18H2,(H,32,37)(H,38,39)(H,33,34,35). The maximum absolute atomic E-state index is 12.0. The highest BCUT2D eigenvalue weighted by molar-refractivity contribution is 7.99. The van der Waals surface area contributed by atoms with Crippen LogP contribution in [0.15, 0.2) is 84.3 Å². The van der Waals surface area contributed by atoms with Gasteiger partial charge in [-0.2, -0.15) is 5.10 Å². The highest BCUT2D eigenvalue weighted by Crippen LogP contribution is 2.40. The Balaban J connectivity index is 1.32. The molecule has 1 aromatic heterocycles. The zero-order valence-electron chi connectivity index (χ0n) is 22.8. The number of thioether (sulfide) groups is 1. The normalized spacial score (nSPS) is 18.5. The van der Waals surface area contributed by atoms with Crippen LogP contribution in [0.1, 0.15) is 53.9 Å². The number of amides is 1. The molecular formula is C31H32N4O6S. The Bertz CT molecular complexity index is 1480. The van der Waals surface area contributed by atoms with E-state index in [-0.39, 0.29) is 37.6 Å². The number of hydrogen-bond donors (Lipinski definition) is 4. The number of carboxylic acids is 1. The second kappa shape index (κ2) is 14.2. The van der Waals surface area contributed by atoms with Gasteiger partial charge in [0.25, 0.3) is 0 Å². The average molecular weight is 589 g/mol. The number of carbonyl (C=O) groups excluding carboxylic acids is 1. The van der Waals surface area contributed by atoms with Gasteiger partial charge in [0.05, 0.1) is 25.2 Å². The Morgan fingerprint density at radius 1 is 0.952 bits per heavy atom. The fourth-order valence-electron chi connectivity index (χ4n) is 4.69. The lowest BCUT2D eigenvalue weighted by atomic mass is 9.99. The van der Waals surface area contributed by atoms with Crippen molar-refractivity contribution in [2.75, 3.05) is 5.75 Å². The number of aliphatic carboxylic acids is 1. The summed E-state index contributed by atoms with van der Waals surface area (Å²) in [5, 5.41) is 28.5. The molecule has 0 spiro atoms. The summed E-state index contributed by atoms with van der Waals surface area (Å²) in [6, 6.07) is 23.7. The number of nitrogens with zero attached hydrogens (tertiary/aromatic N) is 2. The summed E-state index contributed by atoms with van der Waals surface area (Å²) in [7, 11) is 0. The van der Waals surface area contributed by atoms with Crippen LogP contribution >= 0.6 is 11.8 Å². The second-order valence-electron chi connectivity index (χ2n) is 9.95. The monoisotopic (exact) mass is 588 g/mol. The number of nitrogens with one attached hydrogen (secondary N) is 2. The molecule has 3 aromatic carbocycles. The van der Waals surface area contributed by atoms with Crippen LogP contribution in [0.2, 0.25) is 0 Å². The summed E-state index contributed by atoms with van der Waals surface area (Å²) in [4.78, 5) is 26.9. The van der Waals surface area contributed by atoms with E-state index in [4.69, 9.17) is 14.6 Å². The van der Waals surface area contributed by atoms with Crippen LogP contribution in [0.4, 0.5) is 0 Å². The largest absolute Gasteiger partial charge is 0.481 e. The lowest BCUT2D eigenvalue weighted by Gasteiger charge is -2.36. The van der Waals surface area contributed by atoms with Crippen molar-refractivity contribution in [2.24, 2.45) is 0 Å². The maximum Gasteiger partial charge on any atom is 0.303 e. The molecule has 1 aliphatic rings. The van der Waals surface area contributed by atoms with Crippen molar-refractivity contribution in [3.8, 4) is 11.1 Å². The van der Waals surface area contributed by atoms with Gasteiger partial charge in [-0.3, -0.25) is 14.7 Å². The van der Waals surface area contributed by atoms with E-state index in [9.17, 15) is 14.7 Å². The lowest BCUT2D eigenvalue weighted by molar-refractivity contribution is -0.245. The Morgan fingerprint density at radius 3 is 2.48 bits per heavy atom. The SMILES string of the molecule is O=C(O)CCC(=O)NCc1cccc(-c2cccc(C3OC(CSc4ncn[nH]4)CC(c4ccc(CO)cc4)O3)c2)c1. The van der Waals surface area contributed by atoms with E-state index >= 15 is 0 Å². The molecule has 0 radical (unpaired) electrons. The van der Waals surface area contributed by atoms with Crippen LogP contribution in [0, 0.1) is 0 Å². The zero-order valence-corrected chi connectivity index (χ0v) is 23.6. The van der Waals surface area contributed by atoms with E-state index in [2.05, 4.69) is 20.5 Å². The number of aromatic nitrogens is 3. The van der Waals surface area contributed by atoms with E-state index in [0.717, 1.165) is 38.5 Å². The first-order valence-corrected chi connectivity index (χ1v) is 14.6. The van der Waals surface area contributed by atoms with Crippen molar-refractivity contribution in [2.45, 2.75) is 56.1 Å². The van der Waals surface area contributed by atoms with Crippen molar-refractivity contribution in [1.82, 2.24) is 20.5 Å². The average Bonchev–Trinajstić information content (AvgIpc) is 3.56. The van der Waals surface area contributed by atoms with Gasteiger partial charge in [-0.1, -0.05) is 72.4 Å². The fourth-order valence-corrected chi connectivity index (χ4v) is 5.49. The molecule has 5 rings (SSSR count). The first kappa shape index (κ1) is 29.5. The number of ether oxygens (including phenoxy) is 2. The van der Waals surface area contributed by atoms with Crippen molar-refractivity contribution >= 4 is 23.6 Å². The molecule has 1 aliphatic heterocycles. The third-order valence-corrected chi connectivity index (χ3v) is 7.90. The van der Waals surface area contributed by atoms with Crippen LogP contribution in [-0.4, -0.2) is 49.1 Å². The van der Waals surface area contributed by atoms with Crippen molar-refractivity contribution in [1.29, 1.82) is 0 Å². The van der Waals surface area contributed by atoms with Gasteiger partial charge in [-0.25, -0.2) is 4.98 Å². The number of carbonyl (C=O) groups is 2. The Hall–Kier alpha value is -4.03. The molecule has 3 atom stereocenters. The first-order chi connectivity index (χ1) is 20.5. The molecule has 0 saturated carbocycles. The molecule has 0 aliphatic carbocycles. The maximum atomic E-state index is 12.0. The number of rotatable bonds is 12. The van der Waals surface area contributed by atoms with Crippen LogP contribution in [-0.2, 0) is 32.2 Å². The number of aliphatic hydroxyl groups excluding tert-OH is 1. The molecule has 3 unspecified atom stereocenters. The lowest BCUT2D eigenvalue weighted by Crippen LogP contribution is -2.31. The predicted molar refractivity (Wildman–Crippen MR) is 156 cm³/mol. The fraction of sp³-hybridized carbons (Fsp3) is 0.290. The molecule has 1 fully saturated rings. The van der Waals surface area contributed by atoms with Crippen LogP contribution < -0.4 is 5.32 Å². The quantitative estimate of drug-likeness (QED) is 0.172. The first-order valence-electron chi connectivity index (χ1n) is 13.6. The van der Waals surface area contributed by atoms with E-state index in [1.165, 1.54) is 6.33 Å². The van der Waals surface area contributed by atoms with Crippen molar-refractivity contribution in [3.63, 3.8) is 0 Å². The minimum atomic E-state index is -0.997. The van der Waals surface area contributed by atoms with Crippen LogP contribution in [0.25, 0.3) is 11.1 Å². The van der Waals surface area contributed by atoms with Gasteiger partial charge in [-0.05, 0) is 39.9 Å². The highest BCUT2D eigenvalue weighted by Gasteiger charge is 2.32. The Labute approximate surface area is 247 Å². The smallest absolute Gasteiger partial charge is 0.303 e. The van der Waals surface area contributed by atoms with Gasteiger partial charge in [0.2, 0.25) is 5.91 Å². The van der Waals surface area contributed by atoms with E-state index in [0.29, 0.717) is 18.7 Å². The minimum Gasteiger partial charge on any atom is -0.481 e. The number of carboxylic acid groups (broad SMARTS) is 1. The van der Waals surface area contributed by atoms with Gasteiger partial charge in [0.1, 0.15) is 6.33 Å². The summed E-state index contributed by atoms with van der Waals surface area (Å²) >= 11 is 1.54. The Kier molecular flexibility index (Phi) is 9.98. The summed E-state index contributed by atoms with van der Waals surface area (Å²) in [6.45, 7) is 0.293. The van der Waals surface area contributed by atoms with E-state index < -0.39 is 12.3 Å². The molecular weight excluding hydrogens is 556 g/mol. The van der Waals surface area contributed by atoms with Gasteiger partial charge < -0.3 is 25.0 Å². The van der Waals surface area contributed by atoms with Gasteiger partial charge >= 0.3 is 5.97 Å². The summed E-state index contributed by atoms with van der Waals surface area (Å²) in [5.41, 5.74) is 5.59. The van der Waals surface area contributed by atoms with Gasteiger partial charge in [0.15, 0.2) is 11.4 Å². The van der Waals surface area contributed by atoms with Crippen LogP contribution in [0.3, 0.4) is 0 Å². The van der Waals surface area contributed by atoms with E-state index in [1.807, 2.05) is 72.8 Å². The highest BCUT2D eigenvalue weighted by atomic mass is 32.2. The van der Waals surface area contributed by atoms with Gasteiger partial charge in [0, 0.05) is 30.7 Å². The summed E-state index contributed by atoms with van der Waals surface area (Å²) in [6.07, 6.45) is 0.983. The summed E-state index contributed by atoms with van der Waals surface area (Å²) < 4.78 is 13.0. The topological polar surface area (TPSA) is 147 Å². The number of benzene rings is 3.